The van der Waals surface area contributed by atoms with Gasteiger partial charge in [0.15, 0.2) is 0 Å². The van der Waals surface area contributed by atoms with Gasteiger partial charge in [0.05, 0.1) is 10.3 Å². The lowest BCUT2D eigenvalue weighted by Gasteiger charge is -2.33. The van der Waals surface area contributed by atoms with Gasteiger partial charge in [0, 0.05) is 11.9 Å². The number of nitrogens with zero attached hydrogens (tertiary/aromatic N) is 5. The van der Waals surface area contributed by atoms with Crippen molar-refractivity contribution in [2.75, 3.05) is 5.43 Å². The van der Waals surface area contributed by atoms with E-state index >= 15 is 0 Å². The van der Waals surface area contributed by atoms with Crippen LogP contribution in [0.25, 0.3) is 10.2 Å². The van der Waals surface area contributed by atoms with E-state index in [1.807, 2.05) is 0 Å². The van der Waals surface area contributed by atoms with Crippen LogP contribution in [0.2, 0.25) is 0 Å². The van der Waals surface area contributed by atoms with E-state index in [9.17, 15) is 19.7 Å². The van der Waals surface area contributed by atoms with Gasteiger partial charge in [-0.2, -0.15) is 5.10 Å². The van der Waals surface area contributed by atoms with E-state index in [0.717, 1.165) is 35.7 Å². The summed E-state index contributed by atoms with van der Waals surface area (Å²) < 4.78 is 2.25. The minimum absolute atomic E-state index is 0.183. The van der Waals surface area contributed by atoms with E-state index in [2.05, 4.69) is 36.3 Å². The molecule has 3 heterocycles. The van der Waals surface area contributed by atoms with Crippen LogP contribution in [-0.4, -0.2) is 30.3 Å². The molecule has 0 aromatic carbocycles. The molecule has 0 radical (unpaired) electrons. The normalized spacial score (nSPS) is 16.4. The average Bonchev–Trinajstić information content (AvgIpc) is 3.24. The van der Waals surface area contributed by atoms with Gasteiger partial charge in [-0.3, -0.25) is 29.8 Å². The molecule has 10 nitrogen and oxygen atoms in total. The maximum absolute atomic E-state index is 13.3. The number of carbonyl (C=O) groups excluding carboxylic acids is 1. The van der Waals surface area contributed by atoms with Crippen LogP contribution in [0, 0.1) is 28.4 Å². The van der Waals surface area contributed by atoms with Gasteiger partial charge >= 0.3 is 5.69 Å². The first-order valence-corrected chi connectivity index (χ1v) is 10.8. The first-order chi connectivity index (χ1) is 14.5. The third kappa shape index (κ3) is 3.62. The zero-order valence-electron chi connectivity index (χ0n) is 18.1. The third-order valence-electron chi connectivity index (χ3n) is 5.91. The minimum Gasteiger partial charge on any atom is -0.268 e. The van der Waals surface area contributed by atoms with Gasteiger partial charge in [-0.15, -0.1) is 11.3 Å². The summed E-state index contributed by atoms with van der Waals surface area (Å²) in [7, 11) is 1.48. The van der Waals surface area contributed by atoms with Crippen molar-refractivity contribution in [1.29, 1.82) is 0 Å². The van der Waals surface area contributed by atoms with Gasteiger partial charge in [-0.25, -0.2) is 9.66 Å². The standard InChI is InChI=1S/C20H24N6O4S/c1-10-21-18-15(12-7-6-11(20(2,3)4)8-14(12)31-18)19(28)25(10)23-17(27)16-13(26(29)30)9-24(5)22-16/h9,11H,6-8H2,1-5H3,(H,23,27). The van der Waals surface area contributed by atoms with E-state index in [-0.39, 0.29) is 16.7 Å². The summed E-state index contributed by atoms with van der Waals surface area (Å²) in [5, 5.41) is 15.6. The highest BCUT2D eigenvalue weighted by atomic mass is 32.1. The van der Waals surface area contributed by atoms with Gasteiger partial charge < -0.3 is 0 Å². The Morgan fingerprint density at radius 3 is 2.74 bits per heavy atom. The number of amides is 1. The quantitative estimate of drug-likeness (QED) is 0.489. The van der Waals surface area contributed by atoms with Gasteiger partial charge in [-0.1, -0.05) is 20.8 Å². The number of thiophene rings is 1. The van der Waals surface area contributed by atoms with Gasteiger partial charge in [0.1, 0.15) is 16.9 Å². The fourth-order valence-corrected chi connectivity index (χ4v) is 5.46. The first kappa shape index (κ1) is 21.2. The monoisotopic (exact) mass is 444 g/mol. The van der Waals surface area contributed by atoms with Gasteiger partial charge in [0.2, 0.25) is 5.69 Å². The molecular formula is C20H24N6O4S. The molecule has 3 aromatic heterocycles. The predicted molar refractivity (Wildman–Crippen MR) is 117 cm³/mol. The number of aryl methyl sites for hydroxylation is 3. The largest absolute Gasteiger partial charge is 0.320 e. The van der Waals surface area contributed by atoms with Crippen molar-refractivity contribution in [3.05, 3.63) is 48.6 Å². The zero-order chi connectivity index (χ0) is 22.7. The molecule has 0 bridgehead atoms. The van der Waals surface area contributed by atoms with E-state index < -0.39 is 16.5 Å². The topological polar surface area (TPSA) is 125 Å². The Hall–Kier alpha value is -3.08. The minimum atomic E-state index is -0.837. The second-order valence-electron chi connectivity index (χ2n) is 9.02. The lowest BCUT2D eigenvalue weighted by Crippen LogP contribution is -2.36. The number of aromatic nitrogens is 4. The Morgan fingerprint density at radius 2 is 2.10 bits per heavy atom. The molecule has 0 spiro atoms. The fraction of sp³-hybridized carbons (Fsp3) is 0.500. The highest BCUT2D eigenvalue weighted by Gasteiger charge is 2.32. The highest BCUT2D eigenvalue weighted by Crippen LogP contribution is 2.42. The number of hydrogen-bond donors (Lipinski definition) is 1. The molecule has 1 atom stereocenters. The van der Waals surface area contributed by atoms with Crippen LogP contribution in [0.4, 0.5) is 5.69 Å². The maximum Gasteiger partial charge on any atom is 0.320 e. The van der Waals surface area contributed by atoms with Gasteiger partial charge in [-0.05, 0) is 43.1 Å². The number of rotatable bonds is 3. The second-order valence-corrected chi connectivity index (χ2v) is 10.1. The Balaban J connectivity index is 1.75. The number of carbonyl (C=O) groups is 1. The Morgan fingerprint density at radius 1 is 1.39 bits per heavy atom. The van der Waals surface area contributed by atoms with Crippen LogP contribution >= 0.6 is 11.3 Å². The Bertz CT molecular complexity index is 1280. The number of nitrogens with one attached hydrogen (secondary N) is 1. The molecule has 0 saturated carbocycles. The molecule has 4 rings (SSSR count). The molecule has 1 aliphatic carbocycles. The molecular weight excluding hydrogens is 420 g/mol. The highest BCUT2D eigenvalue weighted by molar-refractivity contribution is 7.18. The predicted octanol–water partition coefficient (Wildman–Crippen LogP) is 2.94. The van der Waals surface area contributed by atoms with E-state index in [0.29, 0.717) is 22.0 Å². The summed E-state index contributed by atoms with van der Waals surface area (Å²) in [4.78, 5) is 42.9. The first-order valence-electron chi connectivity index (χ1n) is 10.0. The van der Waals surface area contributed by atoms with Crippen LogP contribution in [-0.2, 0) is 19.9 Å². The number of hydrogen-bond acceptors (Lipinski definition) is 7. The lowest BCUT2D eigenvalue weighted by molar-refractivity contribution is -0.385. The van der Waals surface area contributed by atoms with Crippen molar-refractivity contribution in [3.63, 3.8) is 0 Å². The molecule has 1 amide bonds. The van der Waals surface area contributed by atoms with E-state index in [1.54, 1.807) is 6.92 Å². The molecule has 1 aliphatic rings. The molecule has 31 heavy (non-hydrogen) atoms. The zero-order valence-corrected chi connectivity index (χ0v) is 18.9. The van der Waals surface area contributed by atoms with Crippen molar-refractivity contribution in [1.82, 2.24) is 19.4 Å². The summed E-state index contributed by atoms with van der Waals surface area (Å²) in [6.45, 7) is 8.32. The van der Waals surface area contributed by atoms with E-state index in [1.165, 1.54) is 27.9 Å². The number of fused-ring (bicyclic) bond motifs is 3. The molecule has 11 heteroatoms. The summed E-state index contributed by atoms with van der Waals surface area (Å²) in [6.07, 6.45) is 3.83. The second kappa shape index (κ2) is 7.26. The molecule has 0 fully saturated rings. The summed E-state index contributed by atoms with van der Waals surface area (Å²) in [5.74, 6) is -0.00765. The molecule has 1 N–H and O–H groups in total. The SMILES string of the molecule is Cc1nc2sc3c(c2c(=O)n1NC(=O)c1nn(C)cc1[N+](=O)[O-])CCC(C(C)(C)C)C3. The Labute approximate surface area is 182 Å². The third-order valence-corrected chi connectivity index (χ3v) is 7.06. The van der Waals surface area contributed by atoms with Crippen molar-refractivity contribution in [2.45, 2.75) is 47.0 Å². The number of nitro groups is 1. The molecule has 0 aliphatic heterocycles. The fourth-order valence-electron chi connectivity index (χ4n) is 4.12. The lowest BCUT2D eigenvalue weighted by atomic mass is 9.72. The van der Waals surface area contributed by atoms with Crippen molar-refractivity contribution in [2.24, 2.45) is 18.4 Å². The summed E-state index contributed by atoms with van der Waals surface area (Å²) >= 11 is 1.54. The molecule has 0 saturated heterocycles. The van der Waals surface area contributed by atoms with Crippen LogP contribution in [0.5, 0.6) is 0 Å². The maximum atomic E-state index is 13.3. The van der Waals surface area contributed by atoms with Crippen LogP contribution in [0.3, 0.4) is 0 Å². The molecule has 164 valence electrons. The molecule has 1 unspecified atom stereocenters. The summed E-state index contributed by atoms with van der Waals surface area (Å²) in [5.41, 5.74) is 2.47. The van der Waals surface area contributed by atoms with Gasteiger partial charge in [0.25, 0.3) is 11.5 Å². The van der Waals surface area contributed by atoms with Crippen LogP contribution < -0.4 is 11.0 Å². The van der Waals surface area contributed by atoms with Crippen LogP contribution in [0.15, 0.2) is 11.0 Å². The van der Waals surface area contributed by atoms with Crippen molar-refractivity contribution < 1.29 is 9.72 Å². The summed E-state index contributed by atoms with van der Waals surface area (Å²) in [6, 6.07) is 0. The van der Waals surface area contributed by atoms with E-state index in [4.69, 9.17) is 0 Å². The van der Waals surface area contributed by atoms with Crippen LogP contribution in [0.1, 0.15) is 53.9 Å². The molecule has 3 aromatic rings. The van der Waals surface area contributed by atoms with Crippen molar-refractivity contribution >= 4 is 33.1 Å². The average molecular weight is 445 g/mol. The van der Waals surface area contributed by atoms with Crippen molar-refractivity contribution in [3.8, 4) is 0 Å². The smallest absolute Gasteiger partial charge is 0.268 e. The Kier molecular flexibility index (Phi) is 4.95.